The number of nitrogens with zero attached hydrogens (tertiary/aromatic N) is 2. The predicted molar refractivity (Wildman–Crippen MR) is 72.0 cm³/mol. The Morgan fingerprint density at radius 2 is 2.20 bits per heavy atom. The van der Waals surface area contributed by atoms with Crippen molar-refractivity contribution >= 4 is 23.2 Å². The molecule has 1 aromatic carbocycles. The monoisotopic (exact) mass is 301 g/mol. The van der Waals surface area contributed by atoms with Gasteiger partial charge < -0.3 is 10.2 Å². The van der Waals surface area contributed by atoms with Crippen LogP contribution in [0.15, 0.2) is 23.2 Å². The number of hydrogen-bond acceptors (Lipinski definition) is 1. The van der Waals surface area contributed by atoms with Crippen LogP contribution in [0.2, 0.25) is 5.02 Å². The summed E-state index contributed by atoms with van der Waals surface area (Å²) < 4.78 is 38.0. The summed E-state index contributed by atoms with van der Waals surface area (Å²) in [6, 6.07) is 3.03. The molecule has 3 nitrogen and oxygen atoms in total. The molecule has 20 heavy (non-hydrogen) atoms. The number of aliphatic imine (C=N–C) groups is 1. The molecule has 0 spiro atoms. The topological polar surface area (TPSA) is 27.6 Å². The lowest BCUT2D eigenvalue weighted by Crippen LogP contribution is -2.30. The summed E-state index contributed by atoms with van der Waals surface area (Å²) in [5.74, 6) is 2.90. The molecule has 0 bridgehead atoms. The van der Waals surface area contributed by atoms with E-state index in [1.807, 2.05) is 0 Å². The van der Waals surface area contributed by atoms with Crippen molar-refractivity contribution in [2.24, 2.45) is 4.99 Å². The summed E-state index contributed by atoms with van der Waals surface area (Å²) in [6.45, 7) is 1.62. The smallest absolute Gasteiger partial charge is 0.354 e. The van der Waals surface area contributed by atoms with Gasteiger partial charge in [-0.05, 0) is 18.2 Å². The van der Waals surface area contributed by atoms with Crippen molar-refractivity contribution in [1.29, 1.82) is 0 Å². The van der Waals surface area contributed by atoms with Gasteiger partial charge in [0.1, 0.15) is 0 Å². The van der Waals surface area contributed by atoms with E-state index in [2.05, 4.69) is 16.2 Å². The molecule has 0 radical (unpaired) electrons. The van der Waals surface area contributed by atoms with Gasteiger partial charge in [0.25, 0.3) is 0 Å². The largest absolute Gasteiger partial charge is 0.416 e. The van der Waals surface area contributed by atoms with Crippen LogP contribution < -0.4 is 5.32 Å². The van der Waals surface area contributed by atoms with Gasteiger partial charge in [0.2, 0.25) is 0 Å². The SMILES string of the molecule is C#CCN1CCN/C1=N/c1cc(C(F)(F)F)ccc1Cl. The van der Waals surface area contributed by atoms with Crippen molar-refractivity contribution in [3.8, 4) is 12.3 Å². The zero-order valence-corrected chi connectivity index (χ0v) is 11.1. The van der Waals surface area contributed by atoms with Crippen molar-refractivity contribution in [2.45, 2.75) is 6.18 Å². The number of halogens is 4. The van der Waals surface area contributed by atoms with E-state index in [4.69, 9.17) is 18.0 Å². The van der Waals surface area contributed by atoms with Gasteiger partial charge in [-0.1, -0.05) is 17.5 Å². The lowest BCUT2D eigenvalue weighted by molar-refractivity contribution is -0.137. The van der Waals surface area contributed by atoms with Gasteiger partial charge in [-0.2, -0.15) is 13.2 Å². The molecular formula is C13H11ClF3N3. The second kappa shape index (κ2) is 5.63. The average molecular weight is 302 g/mol. The normalized spacial score (nSPS) is 17.1. The summed E-state index contributed by atoms with van der Waals surface area (Å²) in [6.07, 6.45) is 0.796. The minimum atomic E-state index is -4.43. The first kappa shape index (κ1) is 14.5. The van der Waals surface area contributed by atoms with E-state index < -0.39 is 11.7 Å². The molecule has 0 amide bonds. The lowest BCUT2D eigenvalue weighted by Gasteiger charge is -2.14. The maximum Gasteiger partial charge on any atom is 0.416 e. The molecule has 0 saturated carbocycles. The van der Waals surface area contributed by atoms with Crippen molar-refractivity contribution in [3.63, 3.8) is 0 Å². The first-order chi connectivity index (χ1) is 9.41. The fraction of sp³-hybridized carbons (Fsp3) is 0.308. The van der Waals surface area contributed by atoms with Crippen LogP contribution in [-0.4, -0.2) is 30.5 Å². The standard InChI is InChI=1S/C13H11ClF3N3/c1-2-6-20-7-5-18-12(20)19-11-8-9(13(15,16)17)3-4-10(11)14/h1,3-4,8H,5-7H2,(H,18,19). The van der Waals surface area contributed by atoms with E-state index in [9.17, 15) is 13.2 Å². The second-order valence-electron chi connectivity index (χ2n) is 4.15. The molecule has 0 aliphatic carbocycles. The molecule has 0 atom stereocenters. The maximum atomic E-state index is 12.7. The highest BCUT2D eigenvalue weighted by molar-refractivity contribution is 6.33. The van der Waals surface area contributed by atoms with Gasteiger partial charge in [0.05, 0.1) is 22.8 Å². The van der Waals surface area contributed by atoms with E-state index >= 15 is 0 Å². The minimum Gasteiger partial charge on any atom is -0.354 e. The maximum absolute atomic E-state index is 12.7. The molecule has 7 heteroatoms. The van der Waals surface area contributed by atoms with E-state index in [1.165, 1.54) is 6.07 Å². The van der Waals surface area contributed by atoms with Crippen LogP contribution in [0.1, 0.15) is 5.56 Å². The highest BCUT2D eigenvalue weighted by Crippen LogP contribution is 2.35. The fourth-order valence-corrected chi connectivity index (χ4v) is 1.94. The van der Waals surface area contributed by atoms with Crippen LogP contribution >= 0.6 is 11.6 Å². The summed E-state index contributed by atoms with van der Waals surface area (Å²) in [7, 11) is 0. The number of hydrogen-bond donors (Lipinski definition) is 1. The molecule has 0 unspecified atom stereocenters. The molecule has 1 aromatic rings. The average Bonchev–Trinajstić information content (AvgIpc) is 2.79. The summed E-state index contributed by atoms with van der Waals surface area (Å²) >= 11 is 5.89. The molecule has 2 rings (SSSR count). The summed E-state index contributed by atoms with van der Waals surface area (Å²) in [5.41, 5.74) is -0.726. The molecule has 0 aromatic heterocycles. The molecule has 106 valence electrons. The number of guanidine groups is 1. The summed E-state index contributed by atoms with van der Waals surface area (Å²) in [5, 5.41) is 3.12. The molecule has 1 aliphatic heterocycles. The third kappa shape index (κ3) is 3.17. The van der Waals surface area contributed by atoms with Crippen LogP contribution in [0.4, 0.5) is 18.9 Å². The molecule has 1 saturated heterocycles. The highest BCUT2D eigenvalue weighted by Gasteiger charge is 2.31. The van der Waals surface area contributed by atoms with Gasteiger partial charge in [-0.15, -0.1) is 6.42 Å². The quantitative estimate of drug-likeness (QED) is 0.851. The molecule has 1 fully saturated rings. The summed E-state index contributed by atoms with van der Waals surface area (Å²) in [4.78, 5) is 5.90. The zero-order valence-electron chi connectivity index (χ0n) is 10.3. The third-order valence-electron chi connectivity index (χ3n) is 2.75. The van der Waals surface area contributed by atoms with E-state index in [0.29, 0.717) is 25.6 Å². The first-order valence-corrected chi connectivity index (χ1v) is 6.17. The second-order valence-corrected chi connectivity index (χ2v) is 4.56. The Morgan fingerprint density at radius 1 is 1.45 bits per heavy atom. The van der Waals surface area contributed by atoms with Gasteiger partial charge in [0, 0.05) is 13.1 Å². The van der Waals surface area contributed by atoms with Crippen LogP contribution in [-0.2, 0) is 6.18 Å². The number of nitrogens with one attached hydrogen (secondary N) is 1. The van der Waals surface area contributed by atoms with Crippen molar-refractivity contribution < 1.29 is 13.2 Å². The molecular weight excluding hydrogens is 291 g/mol. The van der Waals surface area contributed by atoms with Crippen LogP contribution in [0.5, 0.6) is 0 Å². The molecule has 1 heterocycles. The fourth-order valence-electron chi connectivity index (χ4n) is 1.78. The Labute approximate surface area is 119 Å². The minimum absolute atomic E-state index is 0.0629. The van der Waals surface area contributed by atoms with E-state index in [-0.39, 0.29) is 10.7 Å². The van der Waals surface area contributed by atoms with Crippen molar-refractivity contribution in [1.82, 2.24) is 10.2 Å². The highest BCUT2D eigenvalue weighted by atomic mass is 35.5. The number of alkyl halides is 3. The van der Waals surface area contributed by atoms with Crippen LogP contribution in [0.25, 0.3) is 0 Å². The lowest BCUT2D eigenvalue weighted by atomic mass is 10.2. The Kier molecular flexibility index (Phi) is 4.09. The van der Waals surface area contributed by atoms with Crippen LogP contribution in [0, 0.1) is 12.3 Å². The number of benzene rings is 1. The van der Waals surface area contributed by atoms with Gasteiger partial charge in [-0.3, -0.25) is 0 Å². The Hall–Kier alpha value is -1.87. The van der Waals surface area contributed by atoms with Gasteiger partial charge >= 0.3 is 6.18 Å². The van der Waals surface area contributed by atoms with E-state index in [1.54, 1.807) is 4.90 Å². The number of terminal acetylenes is 1. The van der Waals surface area contributed by atoms with Gasteiger partial charge in [-0.25, -0.2) is 4.99 Å². The third-order valence-corrected chi connectivity index (χ3v) is 3.07. The Morgan fingerprint density at radius 3 is 2.85 bits per heavy atom. The molecule has 1 aliphatic rings. The van der Waals surface area contributed by atoms with Crippen molar-refractivity contribution in [2.75, 3.05) is 19.6 Å². The Balaban J connectivity index is 2.35. The first-order valence-electron chi connectivity index (χ1n) is 5.79. The Bertz CT molecular complexity index is 575. The number of rotatable bonds is 2. The van der Waals surface area contributed by atoms with Crippen LogP contribution in [0.3, 0.4) is 0 Å². The molecule has 1 N–H and O–H groups in total. The van der Waals surface area contributed by atoms with Crippen molar-refractivity contribution in [3.05, 3.63) is 28.8 Å². The van der Waals surface area contributed by atoms with E-state index in [0.717, 1.165) is 12.1 Å². The zero-order chi connectivity index (χ0) is 14.8. The predicted octanol–water partition coefficient (Wildman–Crippen LogP) is 2.88. The van der Waals surface area contributed by atoms with Gasteiger partial charge in [0.15, 0.2) is 5.96 Å².